The fourth-order valence-electron chi connectivity index (χ4n) is 3.83. The number of nitrogens with one attached hydrogen (secondary N) is 2. The molecule has 3 N–H and O–H groups in total. The second-order valence-electron chi connectivity index (χ2n) is 7.19. The van der Waals surface area contributed by atoms with Crippen LogP contribution >= 0.6 is 0 Å². The van der Waals surface area contributed by atoms with Gasteiger partial charge in [0.05, 0.1) is 18.2 Å². The van der Waals surface area contributed by atoms with Crippen molar-refractivity contribution < 1.29 is 9.90 Å². The number of hydrogen-bond acceptors (Lipinski definition) is 3. The molecule has 24 heavy (non-hydrogen) atoms. The number of carbonyl (C=O) groups is 1. The van der Waals surface area contributed by atoms with Crippen LogP contribution in [0.25, 0.3) is 10.9 Å². The fourth-order valence-corrected chi connectivity index (χ4v) is 3.83. The highest BCUT2D eigenvalue weighted by Gasteiger charge is 2.31. The van der Waals surface area contributed by atoms with Gasteiger partial charge in [0.25, 0.3) is 0 Å². The topological polar surface area (TPSA) is 68.4 Å². The number of aliphatic hydroxyl groups is 1. The molecule has 5 heteroatoms. The highest BCUT2D eigenvalue weighted by atomic mass is 16.3. The van der Waals surface area contributed by atoms with Crippen molar-refractivity contribution in [2.45, 2.75) is 45.7 Å². The Morgan fingerprint density at radius 1 is 1.38 bits per heavy atom. The van der Waals surface area contributed by atoms with Crippen molar-refractivity contribution in [2.75, 3.05) is 18.6 Å². The van der Waals surface area contributed by atoms with E-state index in [1.54, 1.807) is 0 Å². The molecule has 1 amide bonds. The minimum Gasteiger partial charge on any atom is -0.394 e. The van der Waals surface area contributed by atoms with Gasteiger partial charge in [0.2, 0.25) is 5.91 Å². The van der Waals surface area contributed by atoms with E-state index in [4.69, 9.17) is 0 Å². The minimum absolute atomic E-state index is 0.0146. The molecule has 0 spiro atoms. The number of aromatic amines is 1. The quantitative estimate of drug-likeness (QED) is 0.792. The monoisotopic (exact) mass is 329 g/mol. The summed E-state index contributed by atoms with van der Waals surface area (Å²) in [7, 11) is 1.99. The van der Waals surface area contributed by atoms with E-state index in [9.17, 15) is 9.90 Å². The van der Waals surface area contributed by atoms with Crippen LogP contribution < -0.4 is 10.2 Å². The summed E-state index contributed by atoms with van der Waals surface area (Å²) in [5.41, 5.74) is 4.67. The number of aryl methyl sites for hydroxylation is 2. The number of likely N-dealkylation sites (N-methyl/N-ethyl adjacent to an activating group) is 1. The van der Waals surface area contributed by atoms with Crippen molar-refractivity contribution in [1.82, 2.24) is 10.3 Å². The molecule has 0 bridgehead atoms. The maximum absolute atomic E-state index is 12.8. The SMILES string of the molecule is Cc1ccc2c3c(c[nH]c13)CC[C@@H](CO)NC(=O)C(C(C)C)N2C. The smallest absolute Gasteiger partial charge is 0.243 e. The number of hydrogen-bond donors (Lipinski definition) is 3. The van der Waals surface area contributed by atoms with E-state index in [0.717, 1.165) is 24.0 Å². The van der Waals surface area contributed by atoms with Crippen LogP contribution in [0.3, 0.4) is 0 Å². The molecule has 3 rings (SSSR count). The largest absolute Gasteiger partial charge is 0.394 e. The van der Waals surface area contributed by atoms with Crippen molar-refractivity contribution in [2.24, 2.45) is 5.92 Å². The molecule has 0 saturated carbocycles. The molecule has 1 aromatic carbocycles. The summed E-state index contributed by atoms with van der Waals surface area (Å²) in [6.45, 7) is 6.18. The maximum atomic E-state index is 12.8. The molecule has 2 heterocycles. The summed E-state index contributed by atoms with van der Waals surface area (Å²) in [5, 5.41) is 13.9. The lowest BCUT2D eigenvalue weighted by Crippen LogP contribution is -2.52. The molecule has 130 valence electrons. The number of H-pyrrole nitrogens is 1. The maximum Gasteiger partial charge on any atom is 0.243 e. The molecule has 2 aromatic rings. The van der Waals surface area contributed by atoms with E-state index in [-0.39, 0.29) is 30.5 Å². The Labute approximate surface area is 143 Å². The lowest BCUT2D eigenvalue weighted by Gasteiger charge is -2.34. The fraction of sp³-hybridized carbons (Fsp3) is 0.526. The zero-order valence-electron chi connectivity index (χ0n) is 14.9. The first-order valence-electron chi connectivity index (χ1n) is 8.67. The standard InChI is InChI=1S/C19H27N3O2/c1-11(2)18-19(24)21-14(10-23)7-6-13-9-20-17-12(3)5-8-15(16(13)17)22(18)4/h5,8-9,11,14,18,20,23H,6-7,10H2,1-4H3,(H,21,24)/t14-,18?/m0/s1. The predicted octanol–water partition coefficient (Wildman–Crippen LogP) is 2.36. The van der Waals surface area contributed by atoms with Crippen molar-refractivity contribution in [3.8, 4) is 0 Å². The highest BCUT2D eigenvalue weighted by Crippen LogP contribution is 2.34. The van der Waals surface area contributed by atoms with Crippen LogP contribution in [0.2, 0.25) is 0 Å². The molecule has 1 unspecified atom stereocenters. The lowest BCUT2D eigenvalue weighted by atomic mass is 9.96. The van der Waals surface area contributed by atoms with Crippen LogP contribution in [-0.4, -0.2) is 41.7 Å². The van der Waals surface area contributed by atoms with Crippen molar-refractivity contribution in [3.63, 3.8) is 0 Å². The van der Waals surface area contributed by atoms with Crippen molar-refractivity contribution in [3.05, 3.63) is 29.5 Å². The summed E-state index contributed by atoms with van der Waals surface area (Å²) < 4.78 is 0. The van der Waals surface area contributed by atoms with Crippen LogP contribution in [0.5, 0.6) is 0 Å². The number of nitrogens with zero attached hydrogens (tertiary/aromatic N) is 1. The number of anilines is 1. The third kappa shape index (κ3) is 2.77. The predicted molar refractivity (Wildman–Crippen MR) is 97.4 cm³/mol. The molecule has 0 saturated heterocycles. The van der Waals surface area contributed by atoms with E-state index in [1.807, 2.05) is 7.05 Å². The molecule has 5 nitrogen and oxygen atoms in total. The first-order chi connectivity index (χ1) is 11.4. The summed E-state index contributed by atoms with van der Waals surface area (Å²) in [4.78, 5) is 18.3. The number of carbonyl (C=O) groups excluding carboxylic acids is 1. The van der Waals surface area contributed by atoms with Gasteiger partial charge in [0, 0.05) is 24.3 Å². The average Bonchev–Trinajstić information content (AvgIpc) is 2.95. The van der Waals surface area contributed by atoms with Gasteiger partial charge in [-0.25, -0.2) is 0 Å². The van der Waals surface area contributed by atoms with Gasteiger partial charge in [-0.3, -0.25) is 4.79 Å². The summed E-state index contributed by atoms with van der Waals surface area (Å²) in [6, 6.07) is 3.74. The van der Waals surface area contributed by atoms with Gasteiger partial charge < -0.3 is 20.3 Å². The molecule has 2 atom stereocenters. The van der Waals surface area contributed by atoms with Gasteiger partial charge in [0.15, 0.2) is 0 Å². The normalized spacial score (nSPS) is 22.1. The Kier molecular flexibility index (Phi) is 4.54. The highest BCUT2D eigenvalue weighted by molar-refractivity contribution is 5.99. The molecule has 1 aromatic heterocycles. The lowest BCUT2D eigenvalue weighted by molar-refractivity contribution is -0.124. The third-order valence-corrected chi connectivity index (χ3v) is 5.13. The Hall–Kier alpha value is -2.01. The van der Waals surface area contributed by atoms with E-state index in [0.29, 0.717) is 0 Å². The first-order valence-corrected chi connectivity index (χ1v) is 8.67. The van der Waals surface area contributed by atoms with Gasteiger partial charge in [-0.05, 0) is 42.9 Å². The van der Waals surface area contributed by atoms with Crippen LogP contribution in [0.15, 0.2) is 18.3 Å². The van der Waals surface area contributed by atoms with E-state index < -0.39 is 0 Å². The van der Waals surface area contributed by atoms with E-state index in [2.05, 4.69) is 54.3 Å². The van der Waals surface area contributed by atoms with Crippen LogP contribution in [0.1, 0.15) is 31.4 Å². The molecule has 0 aliphatic carbocycles. The number of rotatable bonds is 2. The third-order valence-electron chi connectivity index (χ3n) is 5.13. The molecule has 1 aliphatic rings. The van der Waals surface area contributed by atoms with Crippen molar-refractivity contribution in [1.29, 1.82) is 0 Å². The summed E-state index contributed by atoms with van der Waals surface area (Å²) >= 11 is 0. The molecule has 0 fully saturated rings. The Bertz CT molecular complexity index is 750. The van der Waals surface area contributed by atoms with Crippen LogP contribution in [0.4, 0.5) is 5.69 Å². The van der Waals surface area contributed by atoms with Gasteiger partial charge in [-0.1, -0.05) is 19.9 Å². The van der Waals surface area contributed by atoms with Gasteiger partial charge >= 0.3 is 0 Å². The van der Waals surface area contributed by atoms with Crippen molar-refractivity contribution >= 4 is 22.5 Å². The average molecular weight is 329 g/mol. The van der Waals surface area contributed by atoms with Gasteiger partial charge in [-0.15, -0.1) is 0 Å². The summed E-state index contributed by atoms with van der Waals surface area (Å²) in [6.07, 6.45) is 3.62. The Morgan fingerprint density at radius 2 is 2.12 bits per heavy atom. The Morgan fingerprint density at radius 3 is 2.79 bits per heavy atom. The molecular weight excluding hydrogens is 302 g/mol. The first kappa shape index (κ1) is 16.8. The second-order valence-corrected chi connectivity index (χ2v) is 7.19. The van der Waals surface area contributed by atoms with Crippen LogP contribution in [0, 0.1) is 12.8 Å². The van der Waals surface area contributed by atoms with Gasteiger partial charge in [0.1, 0.15) is 6.04 Å². The zero-order chi connectivity index (χ0) is 17.4. The van der Waals surface area contributed by atoms with E-state index >= 15 is 0 Å². The number of aliphatic hydroxyl groups excluding tert-OH is 1. The minimum atomic E-state index is -0.272. The number of aromatic nitrogens is 1. The number of benzene rings is 1. The molecule has 0 radical (unpaired) electrons. The second kappa shape index (κ2) is 6.48. The zero-order valence-corrected chi connectivity index (χ0v) is 14.9. The Balaban J connectivity index is 2.20. The van der Waals surface area contributed by atoms with E-state index in [1.165, 1.54) is 16.5 Å². The number of amides is 1. The molecular formula is C19H27N3O2. The van der Waals surface area contributed by atoms with Crippen LogP contribution in [-0.2, 0) is 11.2 Å². The van der Waals surface area contributed by atoms with Gasteiger partial charge in [-0.2, -0.15) is 0 Å². The summed E-state index contributed by atoms with van der Waals surface area (Å²) in [5.74, 6) is 0.145. The molecule has 1 aliphatic heterocycles.